The number of ether oxygens (including phenoxy) is 2. The van der Waals surface area contributed by atoms with E-state index in [1.54, 1.807) is 19.2 Å². The van der Waals surface area contributed by atoms with E-state index in [1.165, 1.54) is 12.7 Å². The van der Waals surface area contributed by atoms with Crippen molar-refractivity contribution < 1.29 is 9.47 Å². The molecule has 0 aliphatic rings. The Kier molecular flexibility index (Phi) is 4.25. The normalized spacial score (nSPS) is 11.6. The Morgan fingerprint density at radius 1 is 1.00 bits per heavy atom. The standard InChI is InChI=1S/C20H22N2O3/c1-20(2,3)13-8-6-12(7-9-13)18-21-15-10-14(24-4)11-16(25-5)17(15)19(23)22-18/h6-11H,1-5H3,(H,21,22,23). The van der Waals surface area contributed by atoms with Crippen LogP contribution in [0.25, 0.3) is 22.3 Å². The second-order valence-electron chi connectivity index (χ2n) is 6.97. The van der Waals surface area contributed by atoms with E-state index < -0.39 is 0 Å². The number of nitrogens with one attached hydrogen (secondary N) is 1. The maximum atomic E-state index is 12.6. The van der Waals surface area contributed by atoms with Crippen LogP contribution in [0, 0.1) is 0 Å². The zero-order valence-electron chi connectivity index (χ0n) is 15.1. The van der Waals surface area contributed by atoms with Gasteiger partial charge in [-0.15, -0.1) is 0 Å². The van der Waals surface area contributed by atoms with Crippen molar-refractivity contribution in [3.63, 3.8) is 0 Å². The van der Waals surface area contributed by atoms with Crippen molar-refractivity contribution in [3.05, 3.63) is 52.3 Å². The van der Waals surface area contributed by atoms with Crippen molar-refractivity contribution in [1.82, 2.24) is 9.97 Å². The number of aromatic amines is 1. The molecule has 0 fully saturated rings. The maximum Gasteiger partial charge on any atom is 0.262 e. The molecule has 0 aliphatic carbocycles. The summed E-state index contributed by atoms with van der Waals surface area (Å²) in [5.41, 5.74) is 2.45. The van der Waals surface area contributed by atoms with Crippen LogP contribution in [0.1, 0.15) is 26.3 Å². The van der Waals surface area contributed by atoms with Crippen LogP contribution in [0.4, 0.5) is 0 Å². The minimum atomic E-state index is -0.237. The maximum absolute atomic E-state index is 12.6. The molecule has 25 heavy (non-hydrogen) atoms. The number of benzene rings is 2. The molecule has 0 unspecified atom stereocenters. The molecule has 1 aromatic heterocycles. The van der Waals surface area contributed by atoms with Gasteiger partial charge in [0.2, 0.25) is 0 Å². The third kappa shape index (κ3) is 3.22. The van der Waals surface area contributed by atoms with Gasteiger partial charge in [-0.05, 0) is 11.0 Å². The van der Waals surface area contributed by atoms with Gasteiger partial charge in [-0.1, -0.05) is 45.0 Å². The second-order valence-corrected chi connectivity index (χ2v) is 6.97. The third-order valence-corrected chi connectivity index (χ3v) is 4.23. The molecule has 1 N–H and O–H groups in total. The van der Waals surface area contributed by atoms with Crippen LogP contribution in [0.3, 0.4) is 0 Å². The highest BCUT2D eigenvalue weighted by molar-refractivity contribution is 5.87. The molecule has 5 heteroatoms. The average molecular weight is 338 g/mol. The number of aromatic nitrogens is 2. The number of fused-ring (bicyclic) bond motifs is 1. The summed E-state index contributed by atoms with van der Waals surface area (Å²) in [5.74, 6) is 1.56. The lowest BCUT2D eigenvalue weighted by molar-refractivity contribution is 0.397. The molecule has 5 nitrogen and oxygen atoms in total. The molecule has 1 heterocycles. The molecule has 0 amide bonds. The van der Waals surface area contributed by atoms with Gasteiger partial charge in [-0.25, -0.2) is 4.98 Å². The smallest absolute Gasteiger partial charge is 0.262 e. The van der Waals surface area contributed by atoms with E-state index in [-0.39, 0.29) is 11.0 Å². The highest BCUT2D eigenvalue weighted by Crippen LogP contribution is 2.29. The summed E-state index contributed by atoms with van der Waals surface area (Å²) < 4.78 is 10.6. The first-order valence-corrected chi connectivity index (χ1v) is 8.10. The number of hydrogen-bond acceptors (Lipinski definition) is 4. The Morgan fingerprint density at radius 2 is 1.68 bits per heavy atom. The first-order valence-electron chi connectivity index (χ1n) is 8.10. The van der Waals surface area contributed by atoms with Gasteiger partial charge in [0.1, 0.15) is 22.7 Å². The summed E-state index contributed by atoms with van der Waals surface area (Å²) in [4.78, 5) is 20.0. The summed E-state index contributed by atoms with van der Waals surface area (Å²) in [5, 5.41) is 0.415. The highest BCUT2D eigenvalue weighted by atomic mass is 16.5. The molecular formula is C20H22N2O3. The van der Waals surface area contributed by atoms with Gasteiger partial charge in [0, 0.05) is 17.7 Å². The fourth-order valence-electron chi connectivity index (χ4n) is 2.75. The van der Waals surface area contributed by atoms with Crippen molar-refractivity contribution in [3.8, 4) is 22.9 Å². The first-order chi connectivity index (χ1) is 11.8. The molecule has 130 valence electrons. The van der Waals surface area contributed by atoms with Crippen molar-refractivity contribution >= 4 is 10.9 Å². The van der Waals surface area contributed by atoms with Crippen molar-refractivity contribution in [2.24, 2.45) is 0 Å². The molecule has 0 aliphatic heterocycles. The molecular weight excluding hydrogens is 316 g/mol. The molecule has 0 atom stereocenters. The SMILES string of the molecule is COc1cc(OC)c2c(=O)[nH]c(-c3ccc(C(C)(C)C)cc3)nc2c1. The Bertz CT molecular complexity index is 967. The van der Waals surface area contributed by atoms with E-state index in [4.69, 9.17) is 9.47 Å². The van der Waals surface area contributed by atoms with Crippen molar-refractivity contribution in [2.45, 2.75) is 26.2 Å². The van der Waals surface area contributed by atoms with E-state index in [0.717, 1.165) is 5.56 Å². The molecule has 0 spiro atoms. The van der Waals surface area contributed by atoms with Crippen molar-refractivity contribution in [2.75, 3.05) is 14.2 Å². The Labute approximate surface area is 146 Å². The molecule has 3 aromatic rings. The zero-order valence-corrected chi connectivity index (χ0v) is 15.1. The summed E-state index contributed by atoms with van der Waals surface area (Å²) in [7, 11) is 3.09. The monoisotopic (exact) mass is 338 g/mol. The predicted molar refractivity (Wildman–Crippen MR) is 99.6 cm³/mol. The molecule has 3 rings (SSSR count). The largest absolute Gasteiger partial charge is 0.497 e. The van der Waals surface area contributed by atoms with E-state index in [9.17, 15) is 4.79 Å². The van der Waals surface area contributed by atoms with Gasteiger partial charge in [-0.3, -0.25) is 4.79 Å². The summed E-state index contributed by atoms with van der Waals surface area (Å²) in [6, 6.07) is 11.5. The number of hydrogen-bond donors (Lipinski definition) is 1. The first kappa shape index (κ1) is 17.0. The lowest BCUT2D eigenvalue weighted by Crippen LogP contribution is -2.12. The molecule has 2 aromatic carbocycles. The van der Waals surface area contributed by atoms with Crippen LogP contribution in [-0.4, -0.2) is 24.2 Å². The Morgan fingerprint density at radius 3 is 2.24 bits per heavy atom. The van der Waals surface area contributed by atoms with Gasteiger partial charge in [0.05, 0.1) is 19.7 Å². The summed E-state index contributed by atoms with van der Waals surface area (Å²) in [6.45, 7) is 6.49. The van der Waals surface area contributed by atoms with Crippen LogP contribution in [0.2, 0.25) is 0 Å². The van der Waals surface area contributed by atoms with Crippen LogP contribution in [0.15, 0.2) is 41.2 Å². The van der Waals surface area contributed by atoms with E-state index in [2.05, 4.69) is 42.9 Å². The van der Waals surface area contributed by atoms with E-state index >= 15 is 0 Å². The quantitative estimate of drug-likeness (QED) is 0.786. The number of methoxy groups -OCH3 is 2. The third-order valence-electron chi connectivity index (χ3n) is 4.23. The molecule has 0 saturated heterocycles. The van der Waals surface area contributed by atoms with Gasteiger partial charge in [0.25, 0.3) is 5.56 Å². The fraction of sp³-hybridized carbons (Fsp3) is 0.300. The molecule has 0 saturated carbocycles. The van der Waals surface area contributed by atoms with E-state index in [0.29, 0.717) is 28.2 Å². The van der Waals surface area contributed by atoms with Gasteiger partial charge < -0.3 is 14.5 Å². The highest BCUT2D eigenvalue weighted by Gasteiger charge is 2.15. The second kappa shape index (κ2) is 6.24. The topological polar surface area (TPSA) is 64.2 Å². The van der Waals surface area contributed by atoms with Gasteiger partial charge >= 0.3 is 0 Å². The number of H-pyrrole nitrogens is 1. The summed E-state index contributed by atoms with van der Waals surface area (Å²) in [6.07, 6.45) is 0. The summed E-state index contributed by atoms with van der Waals surface area (Å²) >= 11 is 0. The molecule has 0 bridgehead atoms. The number of nitrogens with zero attached hydrogens (tertiary/aromatic N) is 1. The van der Waals surface area contributed by atoms with Crippen LogP contribution in [0.5, 0.6) is 11.5 Å². The van der Waals surface area contributed by atoms with Crippen LogP contribution >= 0.6 is 0 Å². The van der Waals surface area contributed by atoms with Crippen LogP contribution < -0.4 is 15.0 Å². The predicted octanol–water partition coefficient (Wildman–Crippen LogP) is 3.90. The van der Waals surface area contributed by atoms with Gasteiger partial charge in [0.15, 0.2) is 0 Å². The lowest BCUT2D eigenvalue weighted by atomic mass is 9.87. The van der Waals surface area contributed by atoms with Gasteiger partial charge in [-0.2, -0.15) is 0 Å². The Hall–Kier alpha value is -2.82. The van der Waals surface area contributed by atoms with Crippen LogP contribution in [-0.2, 0) is 5.41 Å². The average Bonchev–Trinajstić information content (AvgIpc) is 2.59. The molecule has 0 radical (unpaired) electrons. The fourth-order valence-corrected chi connectivity index (χ4v) is 2.75. The zero-order chi connectivity index (χ0) is 18.2. The van der Waals surface area contributed by atoms with Crippen molar-refractivity contribution in [1.29, 1.82) is 0 Å². The minimum Gasteiger partial charge on any atom is -0.497 e. The minimum absolute atomic E-state index is 0.0729. The van der Waals surface area contributed by atoms with E-state index in [1.807, 2.05) is 12.1 Å². The number of rotatable bonds is 3. The Balaban J connectivity index is 2.16. The lowest BCUT2D eigenvalue weighted by Gasteiger charge is -2.19.